The summed E-state index contributed by atoms with van der Waals surface area (Å²) >= 11 is 0. The molecule has 0 aliphatic carbocycles. The second-order valence-corrected chi connectivity index (χ2v) is 3.92. The number of hydrogen-bond donors (Lipinski definition) is 2. The Morgan fingerprint density at radius 1 is 1.00 bits per heavy atom. The molecule has 0 heterocycles. The monoisotopic (exact) mass is 274 g/mol. The van der Waals surface area contributed by atoms with E-state index in [0.29, 0.717) is 5.56 Å². The van der Waals surface area contributed by atoms with Gasteiger partial charge >= 0.3 is 5.97 Å². The van der Waals surface area contributed by atoms with Gasteiger partial charge < -0.3 is 10.2 Å². The van der Waals surface area contributed by atoms with E-state index in [1.54, 1.807) is 0 Å². The SMILES string of the molecule is O=C(O)c1ccc(C#Cc2c(F)cc(O)cc2F)cc1. The molecule has 0 saturated heterocycles. The van der Waals surface area contributed by atoms with Crippen molar-refractivity contribution in [1.29, 1.82) is 0 Å². The van der Waals surface area contributed by atoms with Crippen molar-refractivity contribution in [2.24, 2.45) is 0 Å². The van der Waals surface area contributed by atoms with Gasteiger partial charge in [0.1, 0.15) is 17.4 Å². The summed E-state index contributed by atoms with van der Waals surface area (Å²) in [4.78, 5) is 10.7. The molecule has 100 valence electrons. The fourth-order valence-corrected chi connectivity index (χ4v) is 1.51. The molecule has 2 aromatic carbocycles. The molecular weight excluding hydrogens is 266 g/mol. The fraction of sp³-hybridized carbons (Fsp3) is 0. The van der Waals surface area contributed by atoms with Gasteiger partial charge in [-0.05, 0) is 24.3 Å². The van der Waals surface area contributed by atoms with E-state index in [4.69, 9.17) is 10.2 Å². The van der Waals surface area contributed by atoms with Crippen molar-refractivity contribution in [2.75, 3.05) is 0 Å². The number of aromatic hydroxyl groups is 1. The van der Waals surface area contributed by atoms with Crippen LogP contribution in [0.5, 0.6) is 5.75 Å². The lowest BCUT2D eigenvalue weighted by Crippen LogP contribution is -1.95. The normalized spacial score (nSPS) is 9.70. The highest BCUT2D eigenvalue weighted by atomic mass is 19.1. The molecule has 0 bridgehead atoms. The van der Waals surface area contributed by atoms with E-state index in [2.05, 4.69) is 11.8 Å². The molecule has 0 amide bonds. The second kappa shape index (κ2) is 5.41. The number of phenols is 1. The van der Waals surface area contributed by atoms with Crippen LogP contribution in [0.4, 0.5) is 8.78 Å². The average Bonchev–Trinajstić information content (AvgIpc) is 2.38. The Kier molecular flexibility index (Phi) is 3.67. The van der Waals surface area contributed by atoms with Crippen LogP contribution in [0.3, 0.4) is 0 Å². The summed E-state index contributed by atoms with van der Waals surface area (Å²) in [7, 11) is 0. The van der Waals surface area contributed by atoms with Crippen LogP contribution in [0.15, 0.2) is 36.4 Å². The Morgan fingerprint density at radius 2 is 1.55 bits per heavy atom. The van der Waals surface area contributed by atoms with Gasteiger partial charge in [0.2, 0.25) is 0 Å². The van der Waals surface area contributed by atoms with E-state index in [0.717, 1.165) is 12.1 Å². The maximum Gasteiger partial charge on any atom is 0.335 e. The van der Waals surface area contributed by atoms with Gasteiger partial charge in [-0.1, -0.05) is 11.8 Å². The average molecular weight is 274 g/mol. The molecule has 0 fully saturated rings. The van der Waals surface area contributed by atoms with Gasteiger partial charge in [0.05, 0.1) is 11.1 Å². The predicted molar refractivity (Wildman–Crippen MR) is 67.4 cm³/mol. The molecule has 0 aliphatic heterocycles. The molecule has 0 atom stereocenters. The third-order valence-corrected chi connectivity index (χ3v) is 2.49. The Morgan fingerprint density at radius 3 is 2.05 bits per heavy atom. The summed E-state index contributed by atoms with van der Waals surface area (Å²) in [6, 6.07) is 7.09. The van der Waals surface area contributed by atoms with E-state index in [9.17, 15) is 13.6 Å². The predicted octanol–water partition coefficient (Wildman–Crippen LogP) is 2.77. The number of hydrogen-bond acceptors (Lipinski definition) is 2. The van der Waals surface area contributed by atoms with Crippen LogP contribution in [0, 0.1) is 23.5 Å². The van der Waals surface area contributed by atoms with Gasteiger partial charge in [0.15, 0.2) is 0 Å². The van der Waals surface area contributed by atoms with E-state index in [-0.39, 0.29) is 5.56 Å². The van der Waals surface area contributed by atoms with E-state index < -0.39 is 28.9 Å². The first-order valence-electron chi connectivity index (χ1n) is 5.51. The van der Waals surface area contributed by atoms with Crippen LogP contribution in [-0.4, -0.2) is 16.2 Å². The number of phenolic OH excluding ortho intramolecular Hbond substituents is 1. The zero-order valence-corrected chi connectivity index (χ0v) is 10.0. The largest absolute Gasteiger partial charge is 0.508 e. The van der Waals surface area contributed by atoms with Gasteiger partial charge in [-0.15, -0.1) is 0 Å². The highest BCUT2D eigenvalue weighted by molar-refractivity contribution is 5.87. The summed E-state index contributed by atoms with van der Waals surface area (Å²) in [6.07, 6.45) is 0. The van der Waals surface area contributed by atoms with E-state index in [1.165, 1.54) is 24.3 Å². The Labute approximate surface area is 113 Å². The molecule has 0 aromatic heterocycles. The number of carbonyl (C=O) groups is 1. The lowest BCUT2D eigenvalue weighted by atomic mass is 10.1. The Balaban J connectivity index is 2.34. The van der Waals surface area contributed by atoms with Crippen molar-refractivity contribution in [1.82, 2.24) is 0 Å². The Hall–Kier alpha value is -2.87. The standard InChI is InChI=1S/C15H8F2O3/c16-13-7-11(18)8-14(17)12(13)6-3-9-1-4-10(5-2-9)15(19)20/h1-2,4-5,7-8,18H,(H,19,20). The summed E-state index contributed by atoms with van der Waals surface area (Å²) in [5, 5.41) is 17.7. The van der Waals surface area contributed by atoms with Crippen molar-refractivity contribution >= 4 is 5.97 Å². The molecule has 0 spiro atoms. The van der Waals surface area contributed by atoms with Crippen molar-refractivity contribution in [3.63, 3.8) is 0 Å². The summed E-state index contributed by atoms with van der Waals surface area (Å²) in [6.45, 7) is 0. The molecule has 0 aliphatic rings. The zero-order valence-electron chi connectivity index (χ0n) is 10.0. The minimum atomic E-state index is -1.07. The van der Waals surface area contributed by atoms with Gasteiger partial charge in [-0.3, -0.25) is 0 Å². The highest BCUT2D eigenvalue weighted by Crippen LogP contribution is 2.18. The quantitative estimate of drug-likeness (QED) is 0.786. The number of carboxylic acid groups (broad SMARTS) is 1. The van der Waals surface area contributed by atoms with Crippen molar-refractivity contribution in [3.8, 4) is 17.6 Å². The lowest BCUT2D eigenvalue weighted by molar-refractivity contribution is 0.0697. The molecule has 3 nitrogen and oxygen atoms in total. The maximum atomic E-state index is 13.4. The van der Waals surface area contributed by atoms with Crippen LogP contribution in [0.25, 0.3) is 0 Å². The number of halogens is 2. The number of carboxylic acids is 1. The highest BCUT2D eigenvalue weighted by Gasteiger charge is 2.08. The number of aromatic carboxylic acids is 1. The molecule has 0 unspecified atom stereocenters. The third-order valence-electron chi connectivity index (χ3n) is 2.49. The molecule has 2 N–H and O–H groups in total. The Bertz CT molecular complexity index is 702. The first kappa shape index (κ1) is 13.6. The summed E-state index contributed by atoms with van der Waals surface area (Å²) in [5.41, 5.74) is 0.0598. The van der Waals surface area contributed by atoms with Crippen LogP contribution in [0.2, 0.25) is 0 Å². The number of rotatable bonds is 1. The lowest BCUT2D eigenvalue weighted by Gasteiger charge is -1.98. The first-order chi connectivity index (χ1) is 9.47. The second-order valence-electron chi connectivity index (χ2n) is 3.92. The molecule has 0 saturated carbocycles. The van der Waals surface area contributed by atoms with Gasteiger partial charge in [0.25, 0.3) is 0 Å². The minimum Gasteiger partial charge on any atom is -0.508 e. The van der Waals surface area contributed by atoms with Crippen molar-refractivity contribution in [2.45, 2.75) is 0 Å². The summed E-state index contributed by atoms with van der Waals surface area (Å²) < 4.78 is 26.8. The first-order valence-corrected chi connectivity index (χ1v) is 5.51. The van der Waals surface area contributed by atoms with Crippen LogP contribution in [-0.2, 0) is 0 Å². The van der Waals surface area contributed by atoms with Crippen LogP contribution >= 0.6 is 0 Å². The smallest absolute Gasteiger partial charge is 0.335 e. The van der Waals surface area contributed by atoms with E-state index in [1.807, 2.05) is 0 Å². The minimum absolute atomic E-state index is 0.0949. The maximum absolute atomic E-state index is 13.4. The van der Waals surface area contributed by atoms with E-state index >= 15 is 0 Å². The third kappa shape index (κ3) is 2.93. The molecule has 5 heteroatoms. The molecule has 2 rings (SSSR count). The van der Waals surface area contributed by atoms with Gasteiger partial charge in [-0.25, -0.2) is 13.6 Å². The topological polar surface area (TPSA) is 57.5 Å². The zero-order chi connectivity index (χ0) is 14.7. The van der Waals surface area contributed by atoms with Crippen molar-refractivity contribution in [3.05, 3.63) is 64.7 Å². The molecule has 20 heavy (non-hydrogen) atoms. The van der Waals surface area contributed by atoms with Crippen LogP contribution in [0.1, 0.15) is 21.5 Å². The van der Waals surface area contributed by atoms with Crippen LogP contribution < -0.4 is 0 Å². The number of benzene rings is 2. The fourth-order valence-electron chi connectivity index (χ4n) is 1.51. The van der Waals surface area contributed by atoms with Gasteiger partial charge in [0, 0.05) is 17.7 Å². The molecular formula is C15H8F2O3. The molecule has 0 radical (unpaired) electrons. The summed E-state index contributed by atoms with van der Waals surface area (Å²) in [5.74, 6) is 1.33. The molecule has 2 aromatic rings. The van der Waals surface area contributed by atoms with Crippen molar-refractivity contribution < 1.29 is 23.8 Å². The van der Waals surface area contributed by atoms with Gasteiger partial charge in [-0.2, -0.15) is 0 Å².